The predicted molar refractivity (Wildman–Crippen MR) is 99.3 cm³/mol. The molecule has 128 valence electrons. The Balaban J connectivity index is 1.81. The summed E-state index contributed by atoms with van der Waals surface area (Å²) < 4.78 is 12.2. The summed E-state index contributed by atoms with van der Waals surface area (Å²) in [6.45, 7) is 4.54. The van der Waals surface area contributed by atoms with Gasteiger partial charge in [0.1, 0.15) is 11.5 Å². The molecule has 0 amide bonds. The van der Waals surface area contributed by atoms with E-state index in [1.54, 1.807) is 0 Å². The van der Waals surface area contributed by atoms with Crippen LogP contribution in [0.25, 0.3) is 0 Å². The normalized spacial score (nSPS) is 14.3. The van der Waals surface area contributed by atoms with E-state index in [0.717, 1.165) is 11.5 Å². The molecule has 0 fully saturated rings. The van der Waals surface area contributed by atoms with Crippen LogP contribution in [0, 0.1) is 0 Å². The number of unbranched alkanes of at least 4 members (excludes halogenated alkanes) is 7. The van der Waals surface area contributed by atoms with Crippen LogP contribution in [-0.4, -0.2) is 7.12 Å². The first-order valence-corrected chi connectivity index (χ1v) is 9.77. The Morgan fingerprint density at radius 1 is 0.739 bits per heavy atom. The lowest BCUT2D eigenvalue weighted by Gasteiger charge is -2.18. The topological polar surface area (TPSA) is 18.5 Å². The van der Waals surface area contributed by atoms with Crippen LogP contribution in [0.2, 0.25) is 5.82 Å². The van der Waals surface area contributed by atoms with Gasteiger partial charge in [-0.05, 0) is 25.0 Å². The van der Waals surface area contributed by atoms with Gasteiger partial charge in [-0.1, -0.05) is 83.8 Å². The summed E-state index contributed by atoms with van der Waals surface area (Å²) in [5.74, 6) is 2.37. The van der Waals surface area contributed by atoms with Crippen molar-refractivity contribution in [2.24, 2.45) is 0 Å². The second-order valence-electron chi connectivity index (χ2n) is 6.86. The number of rotatable bonds is 12. The third-order valence-electron chi connectivity index (χ3n) is 4.83. The zero-order valence-corrected chi connectivity index (χ0v) is 15.1. The first kappa shape index (κ1) is 18.2. The molecule has 1 aromatic rings. The second-order valence-corrected chi connectivity index (χ2v) is 6.86. The molecule has 0 spiro atoms. The minimum absolute atomic E-state index is 0.0693. The molecule has 23 heavy (non-hydrogen) atoms. The Morgan fingerprint density at radius 3 is 1.74 bits per heavy atom. The van der Waals surface area contributed by atoms with Crippen LogP contribution in [-0.2, 0) is 0 Å². The summed E-state index contributed by atoms with van der Waals surface area (Å²) in [4.78, 5) is 0. The van der Waals surface area contributed by atoms with Gasteiger partial charge in [-0.25, -0.2) is 0 Å². The fraction of sp³-hybridized carbons (Fsp3) is 0.700. The van der Waals surface area contributed by atoms with E-state index in [1.807, 2.05) is 24.3 Å². The third kappa shape index (κ3) is 6.12. The molecule has 0 aromatic heterocycles. The summed E-state index contributed by atoms with van der Waals surface area (Å²) >= 11 is 0. The maximum atomic E-state index is 6.08. The Labute approximate surface area is 143 Å². The molecule has 0 saturated heterocycles. The van der Waals surface area contributed by atoms with Crippen LogP contribution in [0.4, 0.5) is 0 Å². The van der Waals surface area contributed by atoms with Gasteiger partial charge >= 0.3 is 7.12 Å². The Morgan fingerprint density at radius 2 is 1.22 bits per heavy atom. The van der Waals surface area contributed by atoms with E-state index < -0.39 is 0 Å². The molecule has 0 bridgehead atoms. The predicted octanol–water partition coefficient (Wildman–Crippen LogP) is 6.65. The van der Waals surface area contributed by atoms with Crippen molar-refractivity contribution in [3.63, 3.8) is 0 Å². The van der Waals surface area contributed by atoms with E-state index in [9.17, 15) is 0 Å². The van der Waals surface area contributed by atoms with Gasteiger partial charge < -0.3 is 9.31 Å². The van der Waals surface area contributed by atoms with Gasteiger partial charge in [0, 0.05) is 5.82 Å². The number of para-hydroxylation sites is 2. The Hall–Kier alpha value is -1.12. The van der Waals surface area contributed by atoms with E-state index in [4.69, 9.17) is 9.31 Å². The Kier molecular flexibility index (Phi) is 8.42. The van der Waals surface area contributed by atoms with E-state index >= 15 is 0 Å². The molecule has 3 heteroatoms. The lowest BCUT2D eigenvalue weighted by Crippen LogP contribution is -2.31. The Bertz CT molecular complexity index is 410. The van der Waals surface area contributed by atoms with Gasteiger partial charge in [0.2, 0.25) is 0 Å². The van der Waals surface area contributed by atoms with Crippen LogP contribution in [0.5, 0.6) is 11.5 Å². The summed E-state index contributed by atoms with van der Waals surface area (Å²) in [7, 11) is -0.0693. The monoisotopic (exact) mass is 316 g/mol. The lowest BCUT2D eigenvalue weighted by molar-refractivity contribution is 0.432. The number of benzene rings is 1. The van der Waals surface area contributed by atoms with Crippen LogP contribution in [0.15, 0.2) is 24.3 Å². The smallest absolute Gasteiger partial charge is 0.523 e. The van der Waals surface area contributed by atoms with Crippen molar-refractivity contribution in [1.82, 2.24) is 0 Å². The molecule has 1 aliphatic rings. The third-order valence-corrected chi connectivity index (χ3v) is 4.83. The highest BCUT2D eigenvalue weighted by Crippen LogP contribution is 2.38. The molecular formula is C20H33BO2. The second kappa shape index (κ2) is 10.6. The SMILES string of the molecule is CCCCCCCC(CCCCCC)B1Oc2ccccc2O1. The molecular weight excluding hydrogens is 283 g/mol. The fourth-order valence-corrected chi connectivity index (χ4v) is 3.37. The molecule has 2 nitrogen and oxygen atoms in total. The van der Waals surface area contributed by atoms with Crippen molar-refractivity contribution in [1.29, 1.82) is 0 Å². The van der Waals surface area contributed by atoms with Crippen molar-refractivity contribution >= 4 is 7.12 Å². The minimum atomic E-state index is -0.0693. The van der Waals surface area contributed by atoms with Gasteiger partial charge in [-0.2, -0.15) is 0 Å². The van der Waals surface area contributed by atoms with Crippen molar-refractivity contribution in [3.05, 3.63) is 24.3 Å². The molecule has 0 saturated carbocycles. The summed E-state index contributed by atoms with van der Waals surface area (Å²) in [6.07, 6.45) is 14.4. The number of hydrogen-bond donors (Lipinski definition) is 0. The minimum Gasteiger partial charge on any atom is -0.523 e. The molecule has 1 atom stereocenters. The van der Waals surface area contributed by atoms with Crippen molar-refractivity contribution in [2.75, 3.05) is 0 Å². The molecule has 0 N–H and O–H groups in total. The van der Waals surface area contributed by atoms with Crippen LogP contribution in [0.3, 0.4) is 0 Å². The van der Waals surface area contributed by atoms with E-state index in [0.29, 0.717) is 5.82 Å². The zero-order valence-electron chi connectivity index (χ0n) is 15.1. The highest BCUT2D eigenvalue weighted by atomic mass is 16.6. The average molecular weight is 316 g/mol. The van der Waals surface area contributed by atoms with Gasteiger partial charge in [0.25, 0.3) is 0 Å². The van der Waals surface area contributed by atoms with Crippen molar-refractivity contribution < 1.29 is 9.31 Å². The number of hydrogen-bond acceptors (Lipinski definition) is 2. The average Bonchev–Trinajstić information content (AvgIpc) is 3.00. The van der Waals surface area contributed by atoms with Crippen molar-refractivity contribution in [3.8, 4) is 11.5 Å². The lowest BCUT2D eigenvalue weighted by atomic mass is 9.66. The van der Waals surface area contributed by atoms with E-state index in [2.05, 4.69) is 13.8 Å². The van der Waals surface area contributed by atoms with Crippen LogP contribution >= 0.6 is 0 Å². The molecule has 2 rings (SSSR count). The highest BCUT2D eigenvalue weighted by Gasteiger charge is 2.39. The van der Waals surface area contributed by atoms with E-state index in [-0.39, 0.29) is 7.12 Å². The highest BCUT2D eigenvalue weighted by molar-refractivity contribution is 6.49. The first-order valence-electron chi connectivity index (χ1n) is 9.77. The summed E-state index contributed by atoms with van der Waals surface area (Å²) in [6, 6.07) is 8.08. The molecule has 1 aromatic carbocycles. The fourth-order valence-electron chi connectivity index (χ4n) is 3.37. The summed E-state index contributed by atoms with van der Waals surface area (Å²) in [5.41, 5.74) is 0. The first-order chi connectivity index (χ1) is 11.3. The maximum absolute atomic E-state index is 6.08. The largest absolute Gasteiger partial charge is 0.598 e. The molecule has 0 aliphatic carbocycles. The molecule has 0 radical (unpaired) electrons. The van der Waals surface area contributed by atoms with Crippen molar-refractivity contribution in [2.45, 2.75) is 90.3 Å². The van der Waals surface area contributed by atoms with Crippen LogP contribution < -0.4 is 9.31 Å². The summed E-state index contributed by atoms with van der Waals surface area (Å²) in [5, 5.41) is 0. The standard InChI is InChI=1S/C20H33BO2/c1-3-5-7-9-11-15-18(14-10-8-6-4-2)21-22-19-16-12-13-17-20(19)23-21/h12-13,16-18H,3-11,14-15H2,1-2H3. The van der Waals surface area contributed by atoms with Gasteiger partial charge in [-0.3, -0.25) is 0 Å². The van der Waals surface area contributed by atoms with E-state index in [1.165, 1.54) is 70.6 Å². The maximum Gasteiger partial charge on any atom is 0.598 e. The quantitative estimate of drug-likeness (QED) is 0.317. The van der Waals surface area contributed by atoms with Gasteiger partial charge in [0.15, 0.2) is 0 Å². The molecule has 1 heterocycles. The molecule has 1 unspecified atom stereocenters. The number of fused-ring (bicyclic) bond motifs is 1. The van der Waals surface area contributed by atoms with Crippen LogP contribution in [0.1, 0.15) is 84.5 Å². The molecule has 1 aliphatic heterocycles. The zero-order chi connectivity index (χ0) is 16.3. The van der Waals surface area contributed by atoms with Gasteiger partial charge in [-0.15, -0.1) is 0 Å². The van der Waals surface area contributed by atoms with Gasteiger partial charge in [0.05, 0.1) is 0 Å².